The minimum atomic E-state index is -0.235. The van der Waals surface area contributed by atoms with Crippen LogP contribution < -0.4 is 11.1 Å². The number of hydrogen-bond acceptors (Lipinski definition) is 5. The third-order valence-corrected chi connectivity index (χ3v) is 6.18. The van der Waals surface area contributed by atoms with Crippen LogP contribution in [0.25, 0.3) is 27.5 Å². The minimum absolute atomic E-state index is 0.136. The predicted octanol–water partition coefficient (Wildman–Crippen LogP) is 3.98. The highest BCUT2D eigenvalue weighted by Gasteiger charge is 2.21. The topological polar surface area (TPSA) is 101 Å². The van der Waals surface area contributed by atoms with Crippen LogP contribution in [0.3, 0.4) is 0 Å². The lowest BCUT2D eigenvalue weighted by Gasteiger charge is -2.26. The van der Waals surface area contributed by atoms with Crippen molar-refractivity contribution in [2.75, 3.05) is 0 Å². The first-order valence-corrected chi connectivity index (χ1v) is 11.7. The molecular formula is C28H25N5O3. The summed E-state index contributed by atoms with van der Waals surface area (Å²) < 4.78 is 1.54. The summed E-state index contributed by atoms with van der Waals surface area (Å²) in [6.45, 7) is 5.76. The van der Waals surface area contributed by atoms with Crippen LogP contribution in [0, 0.1) is 6.92 Å². The lowest BCUT2D eigenvalue weighted by atomic mass is 10.1. The highest BCUT2D eigenvalue weighted by atomic mass is 16.2. The molecule has 8 heteroatoms. The molecule has 2 aromatic heterocycles. The molecule has 0 saturated heterocycles. The largest absolute Gasteiger partial charge is 0.329 e. The quantitative estimate of drug-likeness (QED) is 0.411. The maximum atomic E-state index is 13.4. The van der Waals surface area contributed by atoms with Crippen LogP contribution in [0.15, 0.2) is 82.4 Å². The van der Waals surface area contributed by atoms with Gasteiger partial charge in [0, 0.05) is 11.6 Å². The minimum Gasteiger partial charge on any atom is -0.329 e. The predicted molar refractivity (Wildman–Crippen MR) is 139 cm³/mol. The molecule has 0 atom stereocenters. The average molecular weight is 480 g/mol. The SMILES string of the molecule is Cc1nc2ccccc2c(=O)n1-c1ccc(C(=O)N(Cc2nc3ccccc3c(=O)[nH]2)C(C)C)cc1. The van der Waals surface area contributed by atoms with E-state index >= 15 is 0 Å². The van der Waals surface area contributed by atoms with E-state index in [1.807, 2.05) is 38.1 Å². The van der Waals surface area contributed by atoms with Crippen molar-refractivity contribution >= 4 is 27.7 Å². The fourth-order valence-corrected chi connectivity index (χ4v) is 4.33. The van der Waals surface area contributed by atoms with Crippen LogP contribution in [0.2, 0.25) is 0 Å². The molecule has 0 radical (unpaired) electrons. The molecule has 0 aliphatic carbocycles. The normalized spacial score (nSPS) is 11.3. The van der Waals surface area contributed by atoms with Crippen LogP contribution in [-0.2, 0) is 6.54 Å². The number of rotatable bonds is 5. The number of amides is 1. The van der Waals surface area contributed by atoms with E-state index < -0.39 is 0 Å². The molecule has 1 amide bonds. The maximum absolute atomic E-state index is 13.4. The second kappa shape index (κ2) is 9.22. The van der Waals surface area contributed by atoms with Gasteiger partial charge in [0.05, 0.1) is 34.0 Å². The number of carbonyl (C=O) groups excluding carboxylic acids is 1. The van der Waals surface area contributed by atoms with Crippen molar-refractivity contribution in [1.29, 1.82) is 0 Å². The molecule has 36 heavy (non-hydrogen) atoms. The molecule has 0 spiro atoms. The molecule has 180 valence electrons. The maximum Gasteiger partial charge on any atom is 0.265 e. The summed E-state index contributed by atoms with van der Waals surface area (Å²) in [6.07, 6.45) is 0. The molecule has 0 unspecified atom stereocenters. The molecule has 0 aliphatic rings. The van der Waals surface area contributed by atoms with Crippen molar-refractivity contribution in [1.82, 2.24) is 24.4 Å². The number of hydrogen-bond donors (Lipinski definition) is 1. The van der Waals surface area contributed by atoms with Gasteiger partial charge in [-0.25, -0.2) is 9.97 Å². The van der Waals surface area contributed by atoms with E-state index in [-0.39, 0.29) is 29.6 Å². The van der Waals surface area contributed by atoms with E-state index in [2.05, 4.69) is 15.0 Å². The van der Waals surface area contributed by atoms with E-state index in [9.17, 15) is 14.4 Å². The monoisotopic (exact) mass is 479 g/mol. The molecule has 0 saturated carbocycles. The second-order valence-electron chi connectivity index (χ2n) is 8.92. The van der Waals surface area contributed by atoms with Gasteiger partial charge in [-0.3, -0.25) is 19.0 Å². The first-order valence-electron chi connectivity index (χ1n) is 11.7. The van der Waals surface area contributed by atoms with Gasteiger partial charge in [0.1, 0.15) is 11.6 Å². The number of nitrogens with one attached hydrogen (secondary N) is 1. The number of aryl methyl sites for hydroxylation is 1. The van der Waals surface area contributed by atoms with Gasteiger partial charge in [-0.2, -0.15) is 0 Å². The zero-order valence-corrected chi connectivity index (χ0v) is 20.2. The van der Waals surface area contributed by atoms with E-state index in [0.717, 1.165) is 0 Å². The summed E-state index contributed by atoms with van der Waals surface area (Å²) in [5.74, 6) is 0.780. The molecule has 0 fully saturated rings. The Morgan fingerprint density at radius 3 is 2.17 bits per heavy atom. The fraction of sp³-hybridized carbons (Fsp3) is 0.179. The van der Waals surface area contributed by atoms with Gasteiger partial charge in [0.2, 0.25) is 0 Å². The smallest absolute Gasteiger partial charge is 0.265 e. The van der Waals surface area contributed by atoms with Gasteiger partial charge >= 0.3 is 0 Å². The highest BCUT2D eigenvalue weighted by molar-refractivity contribution is 5.94. The van der Waals surface area contributed by atoms with Gasteiger partial charge in [-0.05, 0) is 69.3 Å². The van der Waals surface area contributed by atoms with Gasteiger partial charge in [0.15, 0.2) is 0 Å². The fourth-order valence-electron chi connectivity index (χ4n) is 4.33. The summed E-state index contributed by atoms with van der Waals surface area (Å²) in [5.41, 5.74) is 1.93. The Labute approximate surface area is 206 Å². The molecule has 1 N–H and O–H groups in total. The highest BCUT2D eigenvalue weighted by Crippen LogP contribution is 2.17. The van der Waals surface area contributed by atoms with Crippen LogP contribution in [-0.4, -0.2) is 36.4 Å². The summed E-state index contributed by atoms with van der Waals surface area (Å²) in [6, 6.07) is 21.1. The Hall–Kier alpha value is -4.59. The Morgan fingerprint density at radius 2 is 1.50 bits per heavy atom. The second-order valence-corrected chi connectivity index (χ2v) is 8.92. The standard InChI is InChI=1S/C28H25N5O3/c1-17(2)32(16-25-30-23-10-6-4-8-21(23)26(34)31-25)27(35)19-12-14-20(15-13-19)33-18(3)29-24-11-7-5-9-22(24)28(33)36/h4-15,17H,16H2,1-3H3,(H,30,31,34). The van der Waals surface area contributed by atoms with Crippen molar-refractivity contribution in [3.05, 3.63) is 111 Å². The van der Waals surface area contributed by atoms with Crippen LogP contribution in [0.4, 0.5) is 0 Å². The summed E-state index contributed by atoms with van der Waals surface area (Å²) in [4.78, 5) is 52.5. The first-order chi connectivity index (χ1) is 17.3. The summed E-state index contributed by atoms with van der Waals surface area (Å²) in [5, 5.41) is 1.04. The lowest BCUT2D eigenvalue weighted by molar-refractivity contribution is 0.0685. The van der Waals surface area contributed by atoms with Crippen LogP contribution >= 0.6 is 0 Å². The summed E-state index contributed by atoms with van der Waals surface area (Å²) in [7, 11) is 0. The van der Waals surface area contributed by atoms with Crippen LogP contribution in [0.1, 0.15) is 35.9 Å². The Bertz CT molecular complexity index is 1720. The Balaban J connectivity index is 1.46. The Morgan fingerprint density at radius 1 is 0.889 bits per heavy atom. The van der Waals surface area contributed by atoms with Gasteiger partial charge in [0.25, 0.3) is 17.0 Å². The number of para-hydroxylation sites is 2. The molecule has 8 nitrogen and oxygen atoms in total. The van der Waals surface area contributed by atoms with Gasteiger partial charge in [-0.1, -0.05) is 24.3 Å². The lowest BCUT2D eigenvalue weighted by Crippen LogP contribution is -2.37. The number of nitrogens with zero attached hydrogens (tertiary/aromatic N) is 4. The number of benzene rings is 3. The van der Waals surface area contributed by atoms with Crippen molar-refractivity contribution in [2.24, 2.45) is 0 Å². The molecule has 0 bridgehead atoms. The van der Waals surface area contributed by atoms with E-state index in [4.69, 9.17) is 0 Å². The molecular weight excluding hydrogens is 454 g/mol. The molecule has 5 rings (SSSR count). The first kappa shape index (κ1) is 23.2. The number of carbonyl (C=O) groups is 1. The van der Waals surface area contributed by atoms with Crippen molar-refractivity contribution in [2.45, 2.75) is 33.4 Å². The molecule has 3 aromatic carbocycles. The zero-order valence-electron chi connectivity index (χ0n) is 20.2. The number of aromatic amines is 1. The van der Waals surface area contributed by atoms with Crippen molar-refractivity contribution in [3.8, 4) is 5.69 Å². The zero-order chi connectivity index (χ0) is 25.4. The average Bonchev–Trinajstić information content (AvgIpc) is 2.87. The van der Waals surface area contributed by atoms with E-state index in [0.29, 0.717) is 44.7 Å². The van der Waals surface area contributed by atoms with Crippen molar-refractivity contribution < 1.29 is 4.79 Å². The molecule has 5 aromatic rings. The number of aromatic nitrogens is 4. The molecule has 2 heterocycles. The Kier molecular flexibility index (Phi) is 5.93. The third kappa shape index (κ3) is 4.17. The molecule has 0 aliphatic heterocycles. The van der Waals surface area contributed by atoms with Crippen LogP contribution in [0.5, 0.6) is 0 Å². The third-order valence-electron chi connectivity index (χ3n) is 6.18. The van der Waals surface area contributed by atoms with E-state index in [1.165, 1.54) is 0 Å². The summed E-state index contributed by atoms with van der Waals surface area (Å²) >= 11 is 0. The van der Waals surface area contributed by atoms with Gasteiger partial charge < -0.3 is 9.88 Å². The number of H-pyrrole nitrogens is 1. The number of fused-ring (bicyclic) bond motifs is 2. The van der Waals surface area contributed by atoms with Gasteiger partial charge in [-0.15, -0.1) is 0 Å². The van der Waals surface area contributed by atoms with E-state index in [1.54, 1.807) is 64.9 Å². The van der Waals surface area contributed by atoms with Crippen molar-refractivity contribution in [3.63, 3.8) is 0 Å².